The Kier molecular flexibility index (Phi) is 10.1. The van der Waals surface area contributed by atoms with Crippen LogP contribution in [0.5, 0.6) is 5.75 Å². The van der Waals surface area contributed by atoms with E-state index in [0.29, 0.717) is 23.4 Å². The molecule has 2 aromatic rings. The number of alkyl carbamates (subject to hydrolysis) is 1. The molecular weight excluding hydrogens is 502 g/mol. The number of aromatic hydroxyl groups is 1. The summed E-state index contributed by atoms with van der Waals surface area (Å²) in [5.74, 6) is -0.0892. The van der Waals surface area contributed by atoms with Crippen LogP contribution in [0.4, 0.5) is 10.5 Å². The van der Waals surface area contributed by atoms with Crippen LogP contribution in [-0.2, 0) is 14.3 Å². The summed E-state index contributed by atoms with van der Waals surface area (Å²) >= 11 is 1.57. The van der Waals surface area contributed by atoms with Gasteiger partial charge < -0.3 is 25.4 Å². The van der Waals surface area contributed by atoms with E-state index in [9.17, 15) is 19.5 Å². The SMILES string of the molecule is CSCCC(NC(=O)OC(C)(C)C)C(=O)N(C1CCC1)C(C(=O)Nc1ccccc1C)c1cccc(O)c1. The third-order valence-corrected chi connectivity index (χ3v) is 7.08. The molecule has 3 N–H and O–H groups in total. The van der Waals surface area contributed by atoms with Gasteiger partial charge in [-0.1, -0.05) is 30.3 Å². The molecule has 8 nitrogen and oxygen atoms in total. The van der Waals surface area contributed by atoms with Crippen molar-refractivity contribution in [1.82, 2.24) is 10.2 Å². The lowest BCUT2D eigenvalue weighted by Crippen LogP contribution is -2.57. The van der Waals surface area contributed by atoms with Crippen molar-refractivity contribution >= 4 is 35.4 Å². The average molecular weight is 542 g/mol. The minimum absolute atomic E-state index is 0.00279. The van der Waals surface area contributed by atoms with Crippen LogP contribution in [0.1, 0.15) is 63.6 Å². The third kappa shape index (κ3) is 7.90. The number of benzene rings is 2. The van der Waals surface area contributed by atoms with E-state index in [2.05, 4.69) is 10.6 Å². The van der Waals surface area contributed by atoms with Crippen molar-refractivity contribution in [3.63, 3.8) is 0 Å². The van der Waals surface area contributed by atoms with Gasteiger partial charge in [0.1, 0.15) is 23.4 Å². The number of ether oxygens (including phenoxy) is 1. The first-order chi connectivity index (χ1) is 18.0. The van der Waals surface area contributed by atoms with Crippen molar-refractivity contribution in [3.8, 4) is 5.75 Å². The number of thioether (sulfide) groups is 1. The first-order valence-electron chi connectivity index (χ1n) is 13.0. The maximum Gasteiger partial charge on any atom is 0.408 e. The van der Waals surface area contributed by atoms with Gasteiger partial charge in [-0.15, -0.1) is 0 Å². The number of anilines is 1. The molecule has 2 aromatic carbocycles. The Balaban J connectivity index is 2.01. The quantitative estimate of drug-likeness (QED) is 0.371. The van der Waals surface area contributed by atoms with Crippen LogP contribution >= 0.6 is 11.8 Å². The highest BCUT2D eigenvalue weighted by Crippen LogP contribution is 2.35. The number of para-hydroxylation sites is 1. The Hall–Kier alpha value is -3.20. The van der Waals surface area contributed by atoms with Crippen molar-refractivity contribution in [2.45, 2.75) is 77.1 Å². The number of hydrogen-bond acceptors (Lipinski definition) is 6. The van der Waals surface area contributed by atoms with Crippen LogP contribution in [0, 0.1) is 6.92 Å². The van der Waals surface area contributed by atoms with E-state index in [1.165, 1.54) is 12.1 Å². The molecule has 3 rings (SSSR count). The lowest BCUT2D eigenvalue weighted by molar-refractivity contribution is -0.145. The first kappa shape index (κ1) is 29.4. The van der Waals surface area contributed by atoms with Gasteiger partial charge in [0.2, 0.25) is 5.91 Å². The smallest absolute Gasteiger partial charge is 0.408 e. The molecule has 2 atom stereocenters. The average Bonchev–Trinajstić information content (AvgIpc) is 2.80. The molecule has 0 aliphatic heterocycles. The van der Waals surface area contributed by atoms with Gasteiger partial charge in [0, 0.05) is 11.7 Å². The molecule has 1 saturated carbocycles. The Bertz CT molecular complexity index is 1130. The number of carbonyl (C=O) groups is 3. The van der Waals surface area contributed by atoms with Gasteiger partial charge in [-0.05, 0) is 94.7 Å². The molecule has 0 heterocycles. The lowest BCUT2D eigenvalue weighted by Gasteiger charge is -2.43. The number of amides is 3. The summed E-state index contributed by atoms with van der Waals surface area (Å²) in [6, 6.07) is 11.8. The van der Waals surface area contributed by atoms with Crippen molar-refractivity contribution < 1.29 is 24.2 Å². The van der Waals surface area contributed by atoms with Gasteiger partial charge in [-0.3, -0.25) is 9.59 Å². The highest BCUT2D eigenvalue weighted by Gasteiger charge is 2.42. The monoisotopic (exact) mass is 541 g/mol. The second-order valence-electron chi connectivity index (χ2n) is 10.6. The summed E-state index contributed by atoms with van der Waals surface area (Å²) in [6.45, 7) is 7.19. The summed E-state index contributed by atoms with van der Waals surface area (Å²) in [5, 5.41) is 16.0. The summed E-state index contributed by atoms with van der Waals surface area (Å²) < 4.78 is 5.44. The van der Waals surface area contributed by atoms with E-state index in [4.69, 9.17) is 4.74 Å². The van der Waals surface area contributed by atoms with Crippen LogP contribution in [0.3, 0.4) is 0 Å². The Morgan fingerprint density at radius 1 is 1.13 bits per heavy atom. The van der Waals surface area contributed by atoms with E-state index in [1.54, 1.807) is 49.6 Å². The van der Waals surface area contributed by atoms with Crippen molar-refractivity contribution in [2.24, 2.45) is 0 Å². The molecule has 206 valence electrons. The largest absolute Gasteiger partial charge is 0.508 e. The minimum Gasteiger partial charge on any atom is -0.508 e. The number of phenols is 1. The van der Waals surface area contributed by atoms with E-state index in [0.717, 1.165) is 24.8 Å². The molecule has 9 heteroatoms. The van der Waals surface area contributed by atoms with E-state index in [-0.39, 0.29) is 23.6 Å². The maximum atomic E-state index is 14.2. The van der Waals surface area contributed by atoms with Gasteiger partial charge in [0.25, 0.3) is 5.91 Å². The molecule has 0 bridgehead atoms. The third-order valence-electron chi connectivity index (χ3n) is 6.44. The summed E-state index contributed by atoms with van der Waals surface area (Å²) in [7, 11) is 0. The maximum absolute atomic E-state index is 14.2. The fourth-order valence-corrected chi connectivity index (χ4v) is 4.82. The molecule has 1 aliphatic rings. The Morgan fingerprint density at radius 3 is 2.42 bits per heavy atom. The summed E-state index contributed by atoms with van der Waals surface area (Å²) in [4.78, 5) is 42.4. The Labute approximate surface area is 229 Å². The van der Waals surface area contributed by atoms with E-state index >= 15 is 0 Å². The summed E-state index contributed by atoms with van der Waals surface area (Å²) in [5.41, 5.74) is 1.32. The molecule has 0 spiro atoms. The fourth-order valence-electron chi connectivity index (χ4n) is 4.35. The van der Waals surface area contributed by atoms with Crippen LogP contribution in [-0.4, -0.2) is 57.6 Å². The minimum atomic E-state index is -1.00. The zero-order valence-corrected chi connectivity index (χ0v) is 23.6. The number of aryl methyl sites for hydroxylation is 1. The molecule has 2 unspecified atom stereocenters. The number of phenolic OH excluding ortho intramolecular Hbond substituents is 1. The van der Waals surface area contributed by atoms with Gasteiger partial charge in [0.05, 0.1) is 0 Å². The second kappa shape index (κ2) is 13.0. The molecular formula is C29H39N3O5S. The standard InChI is InChI=1S/C29H39N3O5S/c1-19-10-6-7-15-23(19)30-26(34)25(20-11-8-14-22(33)18-20)32(21-12-9-13-21)27(35)24(16-17-38-5)31-28(36)37-29(2,3)4/h6-8,10-11,14-15,18,21,24-25,33H,9,12-13,16-17H2,1-5H3,(H,30,34)(H,31,36). The molecule has 0 saturated heterocycles. The van der Waals surface area contributed by atoms with Crippen LogP contribution in [0.2, 0.25) is 0 Å². The highest BCUT2D eigenvalue weighted by atomic mass is 32.2. The van der Waals surface area contributed by atoms with E-state index in [1.807, 2.05) is 37.4 Å². The molecule has 1 fully saturated rings. The normalized spacial score (nSPS) is 15.1. The summed E-state index contributed by atoms with van der Waals surface area (Å²) in [6.07, 6.45) is 4.08. The zero-order chi connectivity index (χ0) is 27.9. The van der Waals surface area contributed by atoms with Gasteiger partial charge in [-0.25, -0.2) is 4.79 Å². The number of nitrogens with zero attached hydrogens (tertiary/aromatic N) is 1. The van der Waals surface area contributed by atoms with Crippen molar-refractivity contribution in [1.29, 1.82) is 0 Å². The predicted octanol–water partition coefficient (Wildman–Crippen LogP) is 5.41. The van der Waals surface area contributed by atoms with E-state index < -0.39 is 23.8 Å². The molecule has 38 heavy (non-hydrogen) atoms. The predicted molar refractivity (Wildman–Crippen MR) is 151 cm³/mol. The first-order valence-corrected chi connectivity index (χ1v) is 14.4. The van der Waals surface area contributed by atoms with Gasteiger partial charge >= 0.3 is 6.09 Å². The second-order valence-corrected chi connectivity index (χ2v) is 11.6. The topological polar surface area (TPSA) is 108 Å². The Morgan fingerprint density at radius 2 is 1.84 bits per heavy atom. The molecule has 0 aromatic heterocycles. The van der Waals surface area contributed by atoms with Crippen LogP contribution in [0.15, 0.2) is 48.5 Å². The lowest BCUT2D eigenvalue weighted by atomic mass is 9.88. The van der Waals surface area contributed by atoms with Crippen LogP contribution < -0.4 is 10.6 Å². The number of nitrogens with one attached hydrogen (secondary N) is 2. The van der Waals surface area contributed by atoms with Crippen molar-refractivity contribution in [3.05, 3.63) is 59.7 Å². The van der Waals surface area contributed by atoms with Crippen LogP contribution in [0.25, 0.3) is 0 Å². The highest BCUT2D eigenvalue weighted by molar-refractivity contribution is 7.98. The molecule has 0 radical (unpaired) electrons. The zero-order valence-electron chi connectivity index (χ0n) is 22.8. The van der Waals surface area contributed by atoms with Gasteiger partial charge in [-0.2, -0.15) is 11.8 Å². The molecule has 1 aliphatic carbocycles. The number of carbonyl (C=O) groups excluding carboxylic acids is 3. The fraction of sp³-hybridized carbons (Fsp3) is 0.483. The number of rotatable bonds is 10. The van der Waals surface area contributed by atoms with Crippen molar-refractivity contribution in [2.75, 3.05) is 17.3 Å². The van der Waals surface area contributed by atoms with Gasteiger partial charge in [0.15, 0.2) is 0 Å². The molecule has 3 amide bonds. The number of hydrogen-bond donors (Lipinski definition) is 3.